The van der Waals surface area contributed by atoms with Crippen LogP contribution in [0.5, 0.6) is 5.75 Å². The Bertz CT molecular complexity index is 612. The minimum atomic E-state index is -0.859. The van der Waals surface area contributed by atoms with Gasteiger partial charge in [-0.25, -0.2) is 4.39 Å². The molecule has 0 aliphatic carbocycles. The number of nitrogens with two attached hydrogens (primary N) is 1. The third kappa shape index (κ3) is 3.24. The molecule has 0 aromatic heterocycles. The Morgan fingerprint density at radius 3 is 2.48 bits per heavy atom. The fourth-order valence-electron chi connectivity index (χ4n) is 2.49. The zero-order valence-electron chi connectivity index (χ0n) is 12.8. The van der Waals surface area contributed by atoms with Gasteiger partial charge in [-0.3, -0.25) is 0 Å². The van der Waals surface area contributed by atoms with E-state index >= 15 is 0 Å². The Morgan fingerprint density at radius 1 is 1.14 bits per heavy atom. The zero-order valence-corrected chi connectivity index (χ0v) is 12.8. The molecular weight excluding hydrogens is 265 g/mol. The third-order valence-corrected chi connectivity index (χ3v) is 3.63. The number of hydrogen-bond acceptors (Lipinski definition) is 2. The summed E-state index contributed by atoms with van der Waals surface area (Å²) in [5, 5.41) is 0. The molecule has 2 N–H and O–H groups in total. The average molecular weight is 287 g/mol. The summed E-state index contributed by atoms with van der Waals surface area (Å²) in [7, 11) is 0. The van der Waals surface area contributed by atoms with Gasteiger partial charge in [-0.15, -0.1) is 0 Å². The Labute approximate surface area is 125 Å². The molecule has 0 aliphatic heterocycles. The molecule has 1 atom stereocenters. The van der Waals surface area contributed by atoms with Crippen LogP contribution in [0.1, 0.15) is 38.3 Å². The van der Waals surface area contributed by atoms with E-state index in [1.54, 1.807) is 12.1 Å². The average Bonchev–Trinajstić information content (AvgIpc) is 2.46. The van der Waals surface area contributed by atoms with Crippen LogP contribution in [-0.4, -0.2) is 6.10 Å². The lowest BCUT2D eigenvalue weighted by molar-refractivity contribution is 0.242. The first-order valence-corrected chi connectivity index (χ1v) is 7.28. The molecule has 21 heavy (non-hydrogen) atoms. The quantitative estimate of drug-likeness (QED) is 0.893. The van der Waals surface area contributed by atoms with Gasteiger partial charge in [0.15, 0.2) is 0 Å². The zero-order chi connectivity index (χ0) is 15.5. The molecule has 0 fully saturated rings. The molecule has 0 spiro atoms. The van der Waals surface area contributed by atoms with Gasteiger partial charge >= 0.3 is 0 Å². The van der Waals surface area contributed by atoms with E-state index < -0.39 is 5.54 Å². The van der Waals surface area contributed by atoms with E-state index in [-0.39, 0.29) is 11.9 Å². The minimum absolute atomic E-state index is 0.0857. The third-order valence-electron chi connectivity index (χ3n) is 3.63. The van der Waals surface area contributed by atoms with Crippen molar-refractivity contribution >= 4 is 0 Å². The normalized spacial score (nSPS) is 14.0. The van der Waals surface area contributed by atoms with E-state index in [0.29, 0.717) is 12.0 Å². The van der Waals surface area contributed by atoms with Crippen molar-refractivity contribution in [2.24, 2.45) is 5.73 Å². The lowest BCUT2D eigenvalue weighted by Gasteiger charge is -2.30. The monoisotopic (exact) mass is 287 g/mol. The first-order valence-electron chi connectivity index (χ1n) is 7.28. The molecule has 2 aromatic carbocycles. The highest BCUT2D eigenvalue weighted by atomic mass is 19.1. The van der Waals surface area contributed by atoms with Gasteiger partial charge in [-0.1, -0.05) is 37.3 Å². The van der Waals surface area contributed by atoms with E-state index in [1.165, 1.54) is 6.07 Å². The molecule has 0 heterocycles. The Balaban J connectivity index is 2.48. The van der Waals surface area contributed by atoms with Gasteiger partial charge in [0.2, 0.25) is 0 Å². The summed E-state index contributed by atoms with van der Waals surface area (Å²) in [5.41, 5.74) is 7.05. The topological polar surface area (TPSA) is 35.2 Å². The first-order chi connectivity index (χ1) is 9.97. The summed E-state index contributed by atoms with van der Waals surface area (Å²) in [6.07, 6.45) is 0.682. The second-order valence-corrected chi connectivity index (χ2v) is 5.50. The van der Waals surface area contributed by atoms with Crippen LogP contribution in [0, 0.1) is 5.82 Å². The predicted octanol–water partition coefficient (Wildman–Crippen LogP) is 4.23. The predicted molar refractivity (Wildman–Crippen MR) is 83.9 cm³/mol. The van der Waals surface area contributed by atoms with Gasteiger partial charge in [0.1, 0.15) is 11.6 Å². The van der Waals surface area contributed by atoms with Crippen molar-refractivity contribution in [2.45, 2.75) is 38.8 Å². The lowest BCUT2D eigenvalue weighted by atomic mass is 9.81. The van der Waals surface area contributed by atoms with Crippen molar-refractivity contribution in [1.29, 1.82) is 0 Å². The van der Waals surface area contributed by atoms with Crippen LogP contribution in [0.25, 0.3) is 0 Å². The molecule has 0 amide bonds. The first kappa shape index (κ1) is 15.5. The number of benzene rings is 2. The highest BCUT2D eigenvalue weighted by Crippen LogP contribution is 2.33. The Morgan fingerprint density at radius 2 is 1.86 bits per heavy atom. The molecule has 0 bridgehead atoms. The fourth-order valence-corrected chi connectivity index (χ4v) is 2.49. The maximum Gasteiger partial charge on any atom is 0.128 e. The van der Waals surface area contributed by atoms with Gasteiger partial charge in [0.05, 0.1) is 11.6 Å². The smallest absolute Gasteiger partial charge is 0.128 e. The summed E-state index contributed by atoms with van der Waals surface area (Å²) in [6.45, 7) is 5.90. The second kappa shape index (κ2) is 6.27. The van der Waals surface area contributed by atoms with Crippen molar-refractivity contribution in [1.82, 2.24) is 0 Å². The summed E-state index contributed by atoms with van der Waals surface area (Å²) in [6, 6.07) is 14.3. The van der Waals surface area contributed by atoms with E-state index in [0.717, 1.165) is 11.3 Å². The van der Waals surface area contributed by atoms with E-state index in [4.69, 9.17) is 10.5 Å². The molecule has 0 aliphatic rings. The SMILES string of the molecule is CCC(N)(c1cccc(OC(C)C)c1)c1ccccc1F. The van der Waals surface area contributed by atoms with Crippen LogP contribution >= 0.6 is 0 Å². The van der Waals surface area contributed by atoms with Crippen LogP contribution in [-0.2, 0) is 5.54 Å². The molecule has 0 radical (unpaired) electrons. The summed E-state index contributed by atoms with van der Waals surface area (Å²) in [5.74, 6) is 0.471. The molecule has 2 rings (SSSR count). The van der Waals surface area contributed by atoms with Crippen molar-refractivity contribution in [3.63, 3.8) is 0 Å². The second-order valence-electron chi connectivity index (χ2n) is 5.50. The Hall–Kier alpha value is -1.87. The summed E-state index contributed by atoms with van der Waals surface area (Å²) in [4.78, 5) is 0. The molecule has 112 valence electrons. The molecule has 0 saturated carbocycles. The molecule has 2 aromatic rings. The highest BCUT2D eigenvalue weighted by molar-refractivity contribution is 5.42. The van der Waals surface area contributed by atoms with Crippen molar-refractivity contribution < 1.29 is 9.13 Å². The molecule has 2 nitrogen and oxygen atoms in total. The van der Waals surface area contributed by atoms with Crippen molar-refractivity contribution in [3.8, 4) is 5.75 Å². The molecule has 3 heteroatoms. The maximum atomic E-state index is 14.2. The fraction of sp³-hybridized carbons (Fsp3) is 0.333. The van der Waals surface area contributed by atoms with E-state index in [9.17, 15) is 4.39 Å². The summed E-state index contributed by atoms with van der Waals surface area (Å²) < 4.78 is 19.9. The lowest BCUT2D eigenvalue weighted by Crippen LogP contribution is -2.38. The van der Waals surface area contributed by atoms with Crippen LogP contribution in [0.15, 0.2) is 48.5 Å². The maximum absolute atomic E-state index is 14.2. The van der Waals surface area contributed by atoms with E-state index in [2.05, 4.69) is 0 Å². The number of rotatable bonds is 5. The molecular formula is C18H22FNO. The standard InChI is InChI=1S/C18H22FNO/c1-4-18(20,16-10-5-6-11-17(16)19)14-8-7-9-15(12-14)21-13(2)3/h5-13H,4,20H2,1-3H3. The van der Waals surface area contributed by atoms with Gasteiger partial charge < -0.3 is 10.5 Å². The molecule has 0 saturated heterocycles. The number of halogens is 1. The van der Waals surface area contributed by atoms with Crippen molar-refractivity contribution in [2.75, 3.05) is 0 Å². The number of hydrogen-bond donors (Lipinski definition) is 1. The van der Waals surface area contributed by atoms with Gasteiger partial charge in [-0.2, -0.15) is 0 Å². The van der Waals surface area contributed by atoms with Gasteiger partial charge in [-0.05, 0) is 44.0 Å². The largest absolute Gasteiger partial charge is 0.491 e. The number of ether oxygens (including phenoxy) is 1. The summed E-state index contributed by atoms with van der Waals surface area (Å²) >= 11 is 0. The minimum Gasteiger partial charge on any atom is -0.491 e. The molecule has 1 unspecified atom stereocenters. The van der Waals surface area contributed by atoms with Crippen molar-refractivity contribution in [3.05, 3.63) is 65.5 Å². The van der Waals surface area contributed by atoms with Crippen LogP contribution in [0.2, 0.25) is 0 Å². The van der Waals surface area contributed by atoms with E-state index in [1.807, 2.05) is 51.1 Å². The Kier molecular flexibility index (Phi) is 4.63. The van der Waals surface area contributed by atoms with Gasteiger partial charge in [0, 0.05) is 5.56 Å². The van der Waals surface area contributed by atoms with Crippen LogP contribution < -0.4 is 10.5 Å². The highest BCUT2D eigenvalue weighted by Gasteiger charge is 2.30. The van der Waals surface area contributed by atoms with Crippen LogP contribution in [0.4, 0.5) is 4.39 Å². The van der Waals surface area contributed by atoms with Crippen LogP contribution in [0.3, 0.4) is 0 Å². The van der Waals surface area contributed by atoms with Gasteiger partial charge in [0.25, 0.3) is 0 Å².